The zero-order chi connectivity index (χ0) is 14.4. The lowest BCUT2D eigenvalue weighted by Crippen LogP contribution is -2.14. The van der Waals surface area contributed by atoms with E-state index in [1.54, 1.807) is 11.8 Å². The van der Waals surface area contributed by atoms with Crippen LogP contribution >= 0.6 is 11.8 Å². The van der Waals surface area contributed by atoms with Gasteiger partial charge in [0.1, 0.15) is 12.0 Å². The van der Waals surface area contributed by atoms with E-state index in [0.29, 0.717) is 12.5 Å². The molecule has 5 nitrogen and oxygen atoms in total. The van der Waals surface area contributed by atoms with Crippen LogP contribution in [-0.2, 0) is 0 Å². The molecule has 2 rings (SSSR count). The summed E-state index contributed by atoms with van der Waals surface area (Å²) in [5.74, 6) is 0.108. The lowest BCUT2D eigenvalue weighted by molar-refractivity contribution is 0.102. The van der Waals surface area contributed by atoms with E-state index in [-0.39, 0.29) is 11.6 Å². The lowest BCUT2D eigenvalue weighted by atomic mass is 10.3. The molecule has 1 aromatic carbocycles. The number of ether oxygens (including phenoxy) is 1. The molecule has 0 bridgehead atoms. The number of nitrogens with zero attached hydrogens (tertiary/aromatic N) is 2. The van der Waals surface area contributed by atoms with E-state index in [9.17, 15) is 4.79 Å². The van der Waals surface area contributed by atoms with E-state index >= 15 is 0 Å². The maximum absolute atomic E-state index is 12.1. The summed E-state index contributed by atoms with van der Waals surface area (Å²) in [5.41, 5.74) is 1.01. The Balaban J connectivity index is 2.12. The minimum absolute atomic E-state index is 0.276. The number of anilines is 1. The molecule has 20 heavy (non-hydrogen) atoms. The highest BCUT2D eigenvalue weighted by Gasteiger charge is 2.09. The van der Waals surface area contributed by atoms with Crippen LogP contribution in [-0.4, -0.2) is 28.7 Å². The topological polar surface area (TPSA) is 64.1 Å². The Morgan fingerprint density at radius 2 is 2.20 bits per heavy atom. The first-order valence-corrected chi connectivity index (χ1v) is 7.35. The molecule has 1 aromatic heterocycles. The van der Waals surface area contributed by atoms with Crippen molar-refractivity contribution in [2.45, 2.75) is 11.8 Å². The zero-order valence-electron chi connectivity index (χ0n) is 11.3. The highest BCUT2D eigenvalue weighted by atomic mass is 32.2. The molecule has 1 heterocycles. The average Bonchev–Trinajstić information content (AvgIpc) is 2.48. The number of benzene rings is 1. The second-order valence-electron chi connectivity index (χ2n) is 3.86. The van der Waals surface area contributed by atoms with Crippen LogP contribution in [0.3, 0.4) is 0 Å². The van der Waals surface area contributed by atoms with Gasteiger partial charge in [-0.15, -0.1) is 11.8 Å². The summed E-state index contributed by atoms with van der Waals surface area (Å²) in [4.78, 5) is 21.1. The van der Waals surface area contributed by atoms with Crippen molar-refractivity contribution in [3.63, 3.8) is 0 Å². The van der Waals surface area contributed by atoms with Crippen molar-refractivity contribution in [3.05, 3.63) is 42.4 Å². The summed E-state index contributed by atoms with van der Waals surface area (Å²) < 4.78 is 5.25. The van der Waals surface area contributed by atoms with E-state index in [1.165, 1.54) is 12.4 Å². The molecule has 0 radical (unpaired) electrons. The minimum Gasteiger partial charge on any atom is -0.478 e. The SMILES string of the molecule is CCOc1cc(C(=O)Nc2cccc(SC)c2)ncn1. The molecule has 0 saturated heterocycles. The fraction of sp³-hybridized carbons (Fsp3) is 0.214. The Morgan fingerprint density at radius 3 is 2.95 bits per heavy atom. The number of carbonyl (C=O) groups is 1. The molecule has 6 heteroatoms. The molecule has 104 valence electrons. The Hall–Kier alpha value is -2.08. The first kappa shape index (κ1) is 14.3. The molecule has 0 aliphatic heterocycles. The van der Waals surface area contributed by atoms with E-state index in [2.05, 4.69) is 15.3 Å². The third kappa shape index (κ3) is 3.71. The Kier molecular flexibility index (Phi) is 4.95. The molecule has 0 fully saturated rings. The van der Waals surface area contributed by atoms with Gasteiger partial charge in [-0.05, 0) is 31.4 Å². The molecule has 0 unspecified atom stereocenters. The van der Waals surface area contributed by atoms with Crippen molar-refractivity contribution in [2.24, 2.45) is 0 Å². The fourth-order valence-electron chi connectivity index (χ4n) is 1.59. The van der Waals surface area contributed by atoms with Crippen LogP contribution in [0.25, 0.3) is 0 Å². The van der Waals surface area contributed by atoms with Gasteiger partial charge < -0.3 is 10.1 Å². The molecule has 0 saturated carbocycles. The monoisotopic (exact) mass is 289 g/mol. The predicted octanol–water partition coefficient (Wildman–Crippen LogP) is 2.85. The summed E-state index contributed by atoms with van der Waals surface area (Å²) in [6.45, 7) is 2.35. The first-order valence-electron chi connectivity index (χ1n) is 6.13. The van der Waals surface area contributed by atoms with Crippen molar-refractivity contribution in [3.8, 4) is 5.88 Å². The van der Waals surface area contributed by atoms with Crippen LogP contribution in [0, 0.1) is 0 Å². The molecule has 2 aromatic rings. The highest BCUT2D eigenvalue weighted by Crippen LogP contribution is 2.19. The Labute approximate surface area is 121 Å². The van der Waals surface area contributed by atoms with E-state index < -0.39 is 0 Å². The second kappa shape index (κ2) is 6.91. The molecule has 0 atom stereocenters. The molecular formula is C14H15N3O2S. The molecule has 0 aliphatic rings. The van der Waals surface area contributed by atoms with Gasteiger partial charge in [-0.25, -0.2) is 9.97 Å². The molecule has 1 amide bonds. The van der Waals surface area contributed by atoms with E-state index in [0.717, 1.165) is 10.6 Å². The van der Waals surface area contributed by atoms with E-state index in [1.807, 2.05) is 37.4 Å². The number of thioether (sulfide) groups is 1. The third-order valence-electron chi connectivity index (χ3n) is 2.49. The number of nitrogens with one attached hydrogen (secondary N) is 1. The predicted molar refractivity (Wildman–Crippen MR) is 79.4 cm³/mol. The summed E-state index contributed by atoms with van der Waals surface area (Å²) in [5, 5.41) is 2.80. The smallest absolute Gasteiger partial charge is 0.274 e. The lowest BCUT2D eigenvalue weighted by Gasteiger charge is -2.07. The van der Waals surface area contributed by atoms with Gasteiger partial charge in [-0.1, -0.05) is 6.07 Å². The number of carbonyl (C=O) groups excluding carboxylic acids is 1. The minimum atomic E-state index is -0.286. The number of amides is 1. The van der Waals surface area contributed by atoms with Crippen molar-refractivity contribution >= 4 is 23.4 Å². The number of rotatable bonds is 5. The maximum Gasteiger partial charge on any atom is 0.274 e. The summed E-state index contributed by atoms with van der Waals surface area (Å²) >= 11 is 1.62. The number of aromatic nitrogens is 2. The van der Waals surface area contributed by atoms with Gasteiger partial charge >= 0.3 is 0 Å². The van der Waals surface area contributed by atoms with Crippen molar-refractivity contribution < 1.29 is 9.53 Å². The first-order chi connectivity index (χ1) is 9.72. The Bertz CT molecular complexity index is 604. The van der Waals surface area contributed by atoms with Crippen LogP contribution in [0.2, 0.25) is 0 Å². The molecule has 0 spiro atoms. The highest BCUT2D eigenvalue weighted by molar-refractivity contribution is 7.98. The molecule has 0 aliphatic carbocycles. The van der Waals surface area contributed by atoms with Crippen LogP contribution in [0.4, 0.5) is 5.69 Å². The maximum atomic E-state index is 12.1. The van der Waals surface area contributed by atoms with Gasteiger partial charge in [0.25, 0.3) is 5.91 Å². The molecular weight excluding hydrogens is 274 g/mol. The van der Waals surface area contributed by atoms with Gasteiger partial charge in [0.15, 0.2) is 0 Å². The van der Waals surface area contributed by atoms with Gasteiger partial charge in [0.05, 0.1) is 6.61 Å². The van der Waals surface area contributed by atoms with Crippen molar-refractivity contribution in [2.75, 3.05) is 18.2 Å². The second-order valence-corrected chi connectivity index (χ2v) is 4.74. The van der Waals surface area contributed by atoms with Crippen LogP contribution in [0.5, 0.6) is 5.88 Å². The van der Waals surface area contributed by atoms with Gasteiger partial charge in [0, 0.05) is 16.6 Å². The summed E-state index contributed by atoms with van der Waals surface area (Å²) in [7, 11) is 0. The van der Waals surface area contributed by atoms with Gasteiger partial charge in [0.2, 0.25) is 5.88 Å². The van der Waals surface area contributed by atoms with Crippen LogP contribution in [0.15, 0.2) is 41.6 Å². The van der Waals surface area contributed by atoms with Gasteiger partial charge in [-0.3, -0.25) is 4.79 Å². The summed E-state index contributed by atoms with van der Waals surface area (Å²) in [6.07, 6.45) is 3.30. The van der Waals surface area contributed by atoms with E-state index in [4.69, 9.17) is 4.74 Å². The fourth-order valence-corrected chi connectivity index (χ4v) is 2.05. The normalized spacial score (nSPS) is 10.1. The average molecular weight is 289 g/mol. The quantitative estimate of drug-likeness (QED) is 0.857. The largest absolute Gasteiger partial charge is 0.478 e. The van der Waals surface area contributed by atoms with Gasteiger partial charge in [-0.2, -0.15) is 0 Å². The third-order valence-corrected chi connectivity index (χ3v) is 3.22. The number of hydrogen-bond donors (Lipinski definition) is 1. The standard InChI is InChI=1S/C14H15N3O2S/c1-3-19-13-8-12(15-9-16-13)14(18)17-10-5-4-6-11(7-10)20-2/h4-9H,3H2,1-2H3,(H,17,18). The van der Waals surface area contributed by atoms with Crippen molar-refractivity contribution in [1.29, 1.82) is 0 Å². The van der Waals surface area contributed by atoms with Crippen LogP contribution in [0.1, 0.15) is 17.4 Å². The summed E-state index contributed by atoms with van der Waals surface area (Å²) in [6, 6.07) is 9.15. The van der Waals surface area contributed by atoms with Crippen LogP contribution < -0.4 is 10.1 Å². The number of hydrogen-bond acceptors (Lipinski definition) is 5. The van der Waals surface area contributed by atoms with Crippen molar-refractivity contribution in [1.82, 2.24) is 9.97 Å². The molecule has 1 N–H and O–H groups in total. The Morgan fingerprint density at radius 1 is 1.35 bits per heavy atom. The zero-order valence-corrected chi connectivity index (χ0v) is 12.1.